The minimum absolute atomic E-state index is 0.0688. The molecule has 5 nitrogen and oxygen atoms in total. The predicted molar refractivity (Wildman–Crippen MR) is 75.7 cm³/mol. The first-order chi connectivity index (χ1) is 9.26. The summed E-state index contributed by atoms with van der Waals surface area (Å²) in [5.41, 5.74) is 0.708. The van der Waals surface area contributed by atoms with Gasteiger partial charge in [0.15, 0.2) is 0 Å². The molecule has 0 saturated carbocycles. The van der Waals surface area contributed by atoms with E-state index in [1.54, 1.807) is 7.11 Å². The molecule has 0 spiro atoms. The van der Waals surface area contributed by atoms with E-state index in [1.165, 1.54) is 0 Å². The van der Waals surface area contributed by atoms with Crippen LogP contribution in [-0.2, 0) is 0 Å². The number of urea groups is 1. The zero-order valence-corrected chi connectivity index (χ0v) is 11.5. The number of hydrogen-bond donors (Lipinski definition) is 2. The fraction of sp³-hybridized carbons (Fsp3) is 0.500. The van der Waals surface area contributed by atoms with Gasteiger partial charge < -0.3 is 20.3 Å². The Kier molecular flexibility index (Phi) is 4.63. The first-order valence-electron chi connectivity index (χ1n) is 6.67. The SMILES string of the molecule is CCN(C(=O)Nc1ccccc1OC)C1CCNC1. The van der Waals surface area contributed by atoms with E-state index in [1.807, 2.05) is 36.1 Å². The maximum atomic E-state index is 12.3. The van der Waals surface area contributed by atoms with Gasteiger partial charge in [-0.05, 0) is 32.0 Å². The number of anilines is 1. The molecular formula is C14H21N3O2. The van der Waals surface area contributed by atoms with E-state index >= 15 is 0 Å². The average molecular weight is 263 g/mol. The van der Waals surface area contributed by atoms with Crippen LogP contribution in [-0.4, -0.2) is 43.7 Å². The second kappa shape index (κ2) is 6.43. The number of methoxy groups -OCH3 is 1. The highest BCUT2D eigenvalue weighted by molar-refractivity contribution is 5.91. The lowest BCUT2D eigenvalue weighted by atomic mass is 10.2. The summed E-state index contributed by atoms with van der Waals surface area (Å²) in [6.07, 6.45) is 1.01. The molecule has 2 amide bonds. The number of nitrogens with zero attached hydrogens (tertiary/aromatic N) is 1. The van der Waals surface area contributed by atoms with Gasteiger partial charge in [0.05, 0.1) is 12.8 Å². The van der Waals surface area contributed by atoms with E-state index in [9.17, 15) is 4.79 Å². The second-order valence-corrected chi connectivity index (χ2v) is 4.56. The molecule has 1 saturated heterocycles. The van der Waals surface area contributed by atoms with Crippen molar-refractivity contribution in [3.05, 3.63) is 24.3 Å². The Morgan fingerprint density at radius 3 is 2.95 bits per heavy atom. The fourth-order valence-corrected chi connectivity index (χ4v) is 2.41. The molecule has 0 radical (unpaired) electrons. The largest absolute Gasteiger partial charge is 0.495 e. The standard InChI is InChI=1S/C14H21N3O2/c1-3-17(11-8-9-15-10-11)14(18)16-12-6-4-5-7-13(12)19-2/h4-7,11,15H,3,8-10H2,1-2H3,(H,16,18). The normalized spacial score (nSPS) is 18.1. The monoisotopic (exact) mass is 263 g/mol. The van der Waals surface area contributed by atoms with Gasteiger partial charge in [0, 0.05) is 19.1 Å². The van der Waals surface area contributed by atoms with Crippen LogP contribution in [0.15, 0.2) is 24.3 Å². The van der Waals surface area contributed by atoms with Crippen LogP contribution < -0.4 is 15.4 Å². The third-order valence-corrected chi connectivity index (χ3v) is 3.43. The van der Waals surface area contributed by atoms with Gasteiger partial charge in [0.25, 0.3) is 0 Å². The lowest BCUT2D eigenvalue weighted by Crippen LogP contribution is -2.43. The first kappa shape index (κ1) is 13.7. The second-order valence-electron chi connectivity index (χ2n) is 4.56. The molecule has 1 aliphatic heterocycles. The Morgan fingerprint density at radius 1 is 1.53 bits per heavy atom. The highest BCUT2D eigenvalue weighted by Gasteiger charge is 2.25. The maximum absolute atomic E-state index is 12.3. The smallest absolute Gasteiger partial charge is 0.322 e. The van der Waals surface area contributed by atoms with Crippen LogP contribution in [0.3, 0.4) is 0 Å². The van der Waals surface area contributed by atoms with Crippen molar-refractivity contribution in [3.8, 4) is 5.75 Å². The van der Waals surface area contributed by atoms with Gasteiger partial charge in [-0.15, -0.1) is 0 Å². The summed E-state index contributed by atoms with van der Waals surface area (Å²) < 4.78 is 5.24. The van der Waals surface area contributed by atoms with Crippen LogP contribution in [0, 0.1) is 0 Å². The van der Waals surface area contributed by atoms with Crippen molar-refractivity contribution in [3.63, 3.8) is 0 Å². The van der Waals surface area contributed by atoms with Gasteiger partial charge in [0.1, 0.15) is 5.75 Å². The number of carbonyl (C=O) groups is 1. The van der Waals surface area contributed by atoms with Gasteiger partial charge in [-0.25, -0.2) is 4.79 Å². The Hall–Kier alpha value is -1.75. The lowest BCUT2D eigenvalue weighted by molar-refractivity contribution is 0.196. The molecule has 0 aliphatic carbocycles. The van der Waals surface area contributed by atoms with Crippen LogP contribution in [0.4, 0.5) is 10.5 Å². The molecule has 0 bridgehead atoms. The number of rotatable bonds is 4. The average Bonchev–Trinajstić information content (AvgIpc) is 2.94. The lowest BCUT2D eigenvalue weighted by Gasteiger charge is -2.27. The summed E-state index contributed by atoms with van der Waals surface area (Å²) in [7, 11) is 1.60. The molecule has 1 aromatic carbocycles. The molecule has 1 unspecified atom stereocenters. The zero-order chi connectivity index (χ0) is 13.7. The molecular weight excluding hydrogens is 242 g/mol. The molecule has 1 heterocycles. The summed E-state index contributed by atoms with van der Waals surface area (Å²) in [5.74, 6) is 0.677. The maximum Gasteiger partial charge on any atom is 0.322 e. The van der Waals surface area contributed by atoms with Gasteiger partial charge in [0.2, 0.25) is 0 Å². The summed E-state index contributed by atoms with van der Waals surface area (Å²) in [5, 5.41) is 6.21. The van der Waals surface area contributed by atoms with Crippen molar-refractivity contribution in [1.29, 1.82) is 0 Å². The number of hydrogen-bond acceptors (Lipinski definition) is 3. The molecule has 1 aromatic rings. The number of carbonyl (C=O) groups excluding carboxylic acids is 1. The molecule has 0 aromatic heterocycles. The van der Waals surface area contributed by atoms with E-state index in [2.05, 4.69) is 10.6 Å². The van der Waals surface area contributed by atoms with Crippen molar-refractivity contribution in [2.75, 3.05) is 32.1 Å². The quantitative estimate of drug-likeness (QED) is 0.872. The number of para-hydroxylation sites is 2. The van der Waals surface area contributed by atoms with Crippen LogP contribution in [0.2, 0.25) is 0 Å². The number of benzene rings is 1. The highest BCUT2D eigenvalue weighted by atomic mass is 16.5. The van der Waals surface area contributed by atoms with Crippen LogP contribution >= 0.6 is 0 Å². The molecule has 1 fully saturated rings. The number of amides is 2. The topological polar surface area (TPSA) is 53.6 Å². The molecule has 104 valence electrons. The fourth-order valence-electron chi connectivity index (χ4n) is 2.41. The van der Waals surface area contributed by atoms with Gasteiger partial charge in [-0.2, -0.15) is 0 Å². The van der Waals surface area contributed by atoms with Gasteiger partial charge in [-0.3, -0.25) is 0 Å². The molecule has 2 N–H and O–H groups in total. The van der Waals surface area contributed by atoms with E-state index in [0.29, 0.717) is 18.0 Å². The van der Waals surface area contributed by atoms with Crippen LogP contribution in [0.5, 0.6) is 5.75 Å². The van der Waals surface area contributed by atoms with Crippen LogP contribution in [0.25, 0.3) is 0 Å². The third kappa shape index (κ3) is 3.17. The van der Waals surface area contributed by atoms with Crippen molar-refractivity contribution in [2.45, 2.75) is 19.4 Å². The predicted octanol–water partition coefficient (Wildman–Crippen LogP) is 1.91. The molecule has 19 heavy (non-hydrogen) atoms. The molecule has 1 aliphatic rings. The molecule has 2 rings (SSSR count). The number of ether oxygens (including phenoxy) is 1. The van der Waals surface area contributed by atoms with E-state index in [0.717, 1.165) is 19.5 Å². The zero-order valence-electron chi connectivity index (χ0n) is 11.5. The van der Waals surface area contributed by atoms with Crippen molar-refractivity contribution >= 4 is 11.7 Å². The third-order valence-electron chi connectivity index (χ3n) is 3.43. The highest BCUT2D eigenvalue weighted by Crippen LogP contribution is 2.23. The van der Waals surface area contributed by atoms with Crippen molar-refractivity contribution in [2.24, 2.45) is 0 Å². The first-order valence-corrected chi connectivity index (χ1v) is 6.67. The Morgan fingerprint density at radius 2 is 2.32 bits per heavy atom. The summed E-state index contributed by atoms with van der Waals surface area (Å²) in [6, 6.07) is 7.65. The van der Waals surface area contributed by atoms with E-state index < -0.39 is 0 Å². The number of nitrogens with one attached hydrogen (secondary N) is 2. The Labute approximate surface area is 113 Å². The van der Waals surface area contributed by atoms with E-state index in [-0.39, 0.29) is 12.1 Å². The van der Waals surface area contributed by atoms with E-state index in [4.69, 9.17) is 4.74 Å². The Bertz CT molecular complexity index is 430. The Balaban J connectivity index is 2.06. The summed E-state index contributed by atoms with van der Waals surface area (Å²) in [6.45, 7) is 4.55. The minimum atomic E-state index is -0.0688. The molecule has 5 heteroatoms. The van der Waals surface area contributed by atoms with Crippen molar-refractivity contribution in [1.82, 2.24) is 10.2 Å². The minimum Gasteiger partial charge on any atom is -0.495 e. The number of likely N-dealkylation sites (N-methyl/N-ethyl adjacent to an activating group) is 1. The van der Waals surface area contributed by atoms with Gasteiger partial charge >= 0.3 is 6.03 Å². The van der Waals surface area contributed by atoms with Crippen molar-refractivity contribution < 1.29 is 9.53 Å². The van der Waals surface area contributed by atoms with Crippen LogP contribution in [0.1, 0.15) is 13.3 Å². The van der Waals surface area contributed by atoms with Gasteiger partial charge in [-0.1, -0.05) is 12.1 Å². The molecule has 1 atom stereocenters. The summed E-state index contributed by atoms with van der Waals surface area (Å²) >= 11 is 0. The summed E-state index contributed by atoms with van der Waals surface area (Å²) in [4.78, 5) is 14.2.